The Balaban J connectivity index is 1.61. The molecule has 0 unspecified atom stereocenters. The third-order valence-corrected chi connectivity index (χ3v) is 3.91. The molecule has 2 fully saturated rings. The van der Waals surface area contributed by atoms with Gasteiger partial charge in [0.2, 0.25) is 0 Å². The predicted molar refractivity (Wildman–Crippen MR) is 71.7 cm³/mol. The molecule has 0 spiro atoms. The van der Waals surface area contributed by atoms with Crippen LogP contribution in [0.5, 0.6) is 5.75 Å². The maximum atomic E-state index is 5.95. The molecule has 0 bridgehead atoms. The van der Waals surface area contributed by atoms with Crippen molar-refractivity contribution >= 4 is 0 Å². The van der Waals surface area contributed by atoms with Gasteiger partial charge >= 0.3 is 0 Å². The quantitative estimate of drug-likeness (QED) is 0.838. The zero-order valence-corrected chi connectivity index (χ0v) is 11.1. The maximum Gasteiger partial charge on any atom is 0.142 e. The minimum Gasteiger partial charge on any atom is -0.491 e. The number of hydrogen-bond donors (Lipinski definition) is 1. The second-order valence-electron chi connectivity index (χ2n) is 5.66. The molecule has 0 saturated heterocycles. The lowest BCUT2D eigenvalue weighted by molar-refractivity contribution is 0.178. The smallest absolute Gasteiger partial charge is 0.142 e. The number of aromatic nitrogens is 1. The Morgan fingerprint density at radius 1 is 1.28 bits per heavy atom. The number of ether oxygens (including phenoxy) is 1. The average Bonchev–Trinajstić information content (AvgIpc) is 3.10. The van der Waals surface area contributed by atoms with Gasteiger partial charge in [-0.3, -0.25) is 4.98 Å². The highest BCUT2D eigenvalue weighted by Gasteiger charge is 2.22. The number of nitrogens with zero attached hydrogens (tertiary/aromatic N) is 1. The van der Waals surface area contributed by atoms with Crippen LogP contribution in [0.2, 0.25) is 0 Å². The van der Waals surface area contributed by atoms with E-state index in [2.05, 4.69) is 16.4 Å². The Morgan fingerprint density at radius 2 is 2.11 bits per heavy atom. The van der Waals surface area contributed by atoms with Crippen molar-refractivity contribution < 1.29 is 4.74 Å². The molecule has 1 aromatic rings. The molecule has 98 valence electrons. The standard InChI is InChI=1S/C15H22N2O/c1-11-5-8-15(18-10-12-3-2-4-12)14(17-11)9-16-13-6-7-13/h5,8,12-13,16H,2-4,6-7,9-10H2,1H3. The van der Waals surface area contributed by atoms with E-state index < -0.39 is 0 Å². The Bertz CT molecular complexity index is 411. The SMILES string of the molecule is Cc1ccc(OCC2CCC2)c(CNC2CC2)n1. The molecule has 0 radical (unpaired) electrons. The molecular formula is C15H22N2O. The van der Waals surface area contributed by atoms with E-state index in [1.165, 1.54) is 32.1 Å². The highest BCUT2D eigenvalue weighted by Crippen LogP contribution is 2.28. The van der Waals surface area contributed by atoms with Crippen molar-refractivity contribution in [1.29, 1.82) is 0 Å². The monoisotopic (exact) mass is 246 g/mol. The molecule has 0 atom stereocenters. The summed E-state index contributed by atoms with van der Waals surface area (Å²) in [4.78, 5) is 4.61. The highest BCUT2D eigenvalue weighted by atomic mass is 16.5. The lowest BCUT2D eigenvalue weighted by atomic mass is 9.86. The molecule has 1 aromatic heterocycles. The molecular weight excluding hydrogens is 224 g/mol. The van der Waals surface area contributed by atoms with Crippen LogP contribution < -0.4 is 10.1 Å². The van der Waals surface area contributed by atoms with Crippen LogP contribution >= 0.6 is 0 Å². The van der Waals surface area contributed by atoms with E-state index in [0.29, 0.717) is 6.04 Å². The van der Waals surface area contributed by atoms with Gasteiger partial charge < -0.3 is 10.1 Å². The minimum absolute atomic E-state index is 0.715. The van der Waals surface area contributed by atoms with E-state index in [9.17, 15) is 0 Å². The van der Waals surface area contributed by atoms with Gasteiger partial charge in [0.1, 0.15) is 5.75 Å². The molecule has 18 heavy (non-hydrogen) atoms. The predicted octanol–water partition coefficient (Wildman–Crippen LogP) is 2.82. The van der Waals surface area contributed by atoms with Crippen LogP contribution in [-0.2, 0) is 6.54 Å². The third-order valence-electron chi connectivity index (χ3n) is 3.91. The molecule has 1 N–H and O–H groups in total. The highest BCUT2D eigenvalue weighted by molar-refractivity contribution is 5.29. The number of hydrogen-bond acceptors (Lipinski definition) is 3. The number of rotatable bonds is 6. The number of pyridine rings is 1. The molecule has 3 nitrogen and oxygen atoms in total. The minimum atomic E-state index is 0.715. The van der Waals surface area contributed by atoms with Gasteiger partial charge in [0.25, 0.3) is 0 Å². The van der Waals surface area contributed by atoms with Gasteiger partial charge in [0.05, 0.1) is 12.3 Å². The zero-order valence-electron chi connectivity index (χ0n) is 11.1. The summed E-state index contributed by atoms with van der Waals surface area (Å²) in [6.07, 6.45) is 6.65. The van der Waals surface area contributed by atoms with Gasteiger partial charge in [-0.2, -0.15) is 0 Å². The first-order valence-electron chi connectivity index (χ1n) is 7.14. The molecule has 0 amide bonds. The molecule has 2 aliphatic carbocycles. The average molecular weight is 246 g/mol. The molecule has 2 aliphatic rings. The summed E-state index contributed by atoms with van der Waals surface area (Å²) in [5.41, 5.74) is 2.14. The number of nitrogens with one attached hydrogen (secondary N) is 1. The topological polar surface area (TPSA) is 34.1 Å². The third kappa shape index (κ3) is 3.02. The molecule has 3 rings (SSSR count). The summed E-state index contributed by atoms with van der Waals surface area (Å²) >= 11 is 0. The van der Waals surface area contributed by atoms with Gasteiger partial charge in [-0.25, -0.2) is 0 Å². The van der Waals surface area contributed by atoms with Crippen LogP contribution in [0.15, 0.2) is 12.1 Å². The van der Waals surface area contributed by atoms with Crippen LogP contribution in [0.25, 0.3) is 0 Å². The van der Waals surface area contributed by atoms with Crippen LogP contribution in [-0.4, -0.2) is 17.6 Å². The Kier molecular flexibility index (Phi) is 3.50. The summed E-state index contributed by atoms with van der Waals surface area (Å²) in [5.74, 6) is 1.75. The Morgan fingerprint density at radius 3 is 2.78 bits per heavy atom. The van der Waals surface area contributed by atoms with Crippen molar-refractivity contribution in [3.63, 3.8) is 0 Å². The van der Waals surface area contributed by atoms with Gasteiger partial charge in [-0.1, -0.05) is 6.42 Å². The summed E-state index contributed by atoms with van der Waals surface area (Å²) in [6, 6.07) is 4.83. The van der Waals surface area contributed by atoms with E-state index >= 15 is 0 Å². The fourth-order valence-electron chi connectivity index (χ4n) is 2.25. The summed E-state index contributed by atoms with van der Waals surface area (Å²) in [7, 11) is 0. The summed E-state index contributed by atoms with van der Waals surface area (Å²) in [6.45, 7) is 3.74. The van der Waals surface area contributed by atoms with Gasteiger partial charge in [0, 0.05) is 18.3 Å². The van der Waals surface area contributed by atoms with Crippen molar-refractivity contribution in [1.82, 2.24) is 10.3 Å². The van der Waals surface area contributed by atoms with Gasteiger partial charge in [-0.05, 0) is 50.7 Å². The second-order valence-corrected chi connectivity index (χ2v) is 5.66. The summed E-state index contributed by atoms with van der Waals surface area (Å²) < 4.78 is 5.95. The van der Waals surface area contributed by atoms with Crippen molar-refractivity contribution in [3.8, 4) is 5.75 Å². The molecule has 0 aliphatic heterocycles. The first-order chi connectivity index (χ1) is 8.81. The molecule has 2 saturated carbocycles. The normalized spacial score (nSPS) is 19.6. The van der Waals surface area contributed by atoms with Gasteiger partial charge in [-0.15, -0.1) is 0 Å². The molecule has 3 heteroatoms. The van der Waals surface area contributed by atoms with Crippen molar-refractivity contribution in [3.05, 3.63) is 23.5 Å². The van der Waals surface area contributed by atoms with Crippen LogP contribution in [0.4, 0.5) is 0 Å². The van der Waals surface area contributed by atoms with Crippen molar-refractivity contribution in [2.45, 2.75) is 51.6 Å². The van der Waals surface area contributed by atoms with Gasteiger partial charge in [0.15, 0.2) is 0 Å². The Hall–Kier alpha value is -1.09. The second kappa shape index (κ2) is 5.27. The lowest BCUT2D eigenvalue weighted by Gasteiger charge is -2.25. The lowest BCUT2D eigenvalue weighted by Crippen LogP contribution is -2.21. The largest absolute Gasteiger partial charge is 0.491 e. The maximum absolute atomic E-state index is 5.95. The fraction of sp³-hybridized carbons (Fsp3) is 0.667. The number of aryl methyl sites for hydroxylation is 1. The van der Waals surface area contributed by atoms with E-state index in [1.807, 2.05) is 13.0 Å². The van der Waals surface area contributed by atoms with Crippen molar-refractivity contribution in [2.24, 2.45) is 5.92 Å². The summed E-state index contributed by atoms with van der Waals surface area (Å²) in [5, 5.41) is 3.51. The van der Waals surface area contributed by atoms with E-state index in [0.717, 1.165) is 36.2 Å². The first kappa shape index (κ1) is 12.0. The molecule has 1 heterocycles. The van der Waals surface area contributed by atoms with Crippen molar-refractivity contribution in [2.75, 3.05) is 6.61 Å². The fourth-order valence-corrected chi connectivity index (χ4v) is 2.25. The van der Waals surface area contributed by atoms with E-state index in [4.69, 9.17) is 4.74 Å². The first-order valence-corrected chi connectivity index (χ1v) is 7.14. The van der Waals surface area contributed by atoms with Crippen LogP contribution in [0.1, 0.15) is 43.5 Å². The molecule has 0 aromatic carbocycles. The Labute approximate surface area is 109 Å². The van der Waals surface area contributed by atoms with E-state index in [-0.39, 0.29) is 0 Å². The van der Waals surface area contributed by atoms with E-state index in [1.54, 1.807) is 0 Å². The van der Waals surface area contributed by atoms with Crippen LogP contribution in [0, 0.1) is 12.8 Å². The zero-order chi connectivity index (χ0) is 12.4. The van der Waals surface area contributed by atoms with Crippen LogP contribution in [0.3, 0.4) is 0 Å².